The number of amides is 1. The average molecular weight is 239 g/mol. The van der Waals surface area contributed by atoms with Gasteiger partial charge in [0.2, 0.25) is 5.91 Å². The van der Waals surface area contributed by atoms with E-state index in [1.807, 2.05) is 37.1 Å². The third-order valence-electron chi connectivity index (χ3n) is 3.08. The second kappa shape index (κ2) is 4.44. The van der Waals surface area contributed by atoms with Gasteiger partial charge in [-0.15, -0.1) is 0 Å². The topological polar surface area (TPSA) is 32.3 Å². The molecule has 2 rings (SSSR count). The van der Waals surface area contributed by atoms with Crippen LogP contribution in [0.2, 0.25) is 5.02 Å². The van der Waals surface area contributed by atoms with Crippen LogP contribution in [0.4, 0.5) is 5.69 Å². The first kappa shape index (κ1) is 11.4. The van der Waals surface area contributed by atoms with E-state index in [1.54, 1.807) is 0 Å². The normalized spacial score (nSPS) is 20.6. The van der Waals surface area contributed by atoms with Gasteiger partial charge in [-0.1, -0.05) is 17.7 Å². The number of carbonyl (C=O) groups excluding carboxylic acids is 1. The molecule has 1 aliphatic rings. The zero-order valence-electron chi connectivity index (χ0n) is 9.46. The van der Waals surface area contributed by atoms with Crippen LogP contribution in [-0.4, -0.2) is 25.5 Å². The highest BCUT2D eigenvalue weighted by Crippen LogP contribution is 2.29. The Hall–Kier alpha value is -1.06. The predicted octanol–water partition coefficient (Wildman–Crippen LogP) is 1.97. The molecule has 4 heteroatoms. The highest BCUT2D eigenvalue weighted by Gasteiger charge is 2.32. The number of halogens is 1. The van der Waals surface area contributed by atoms with Crippen molar-refractivity contribution in [3.8, 4) is 0 Å². The van der Waals surface area contributed by atoms with E-state index in [9.17, 15) is 4.79 Å². The van der Waals surface area contributed by atoms with Crippen LogP contribution in [0, 0.1) is 6.92 Å². The molecule has 1 aliphatic heterocycles. The van der Waals surface area contributed by atoms with Gasteiger partial charge in [0.05, 0.1) is 6.04 Å². The molecule has 1 aromatic rings. The molecule has 1 aromatic carbocycles. The quantitative estimate of drug-likeness (QED) is 0.855. The van der Waals surface area contributed by atoms with Crippen LogP contribution >= 0.6 is 11.6 Å². The SMILES string of the molecule is CNC1CCN(c2cccc(Cl)c2C)C1=O. The first-order valence-corrected chi connectivity index (χ1v) is 5.76. The molecule has 16 heavy (non-hydrogen) atoms. The second-order valence-electron chi connectivity index (χ2n) is 4.00. The zero-order valence-corrected chi connectivity index (χ0v) is 10.2. The third-order valence-corrected chi connectivity index (χ3v) is 3.49. The number of hydrogen-bond donors (Lipinski definition) is 1. The van der Waals surface area contributed by atoms with Crippen LogP contribution in [0.15, 0.2) is 18.2 Å². The number of carbonyl (C=O) groups is 1. The van der Waals surface area contributed by atoms with Crippen LogP contribution in [0.25, 0.3) is 0 Å². The molecular formula is C12H15ClN2O. The van der Waals surface area contributed by atoms with Crippen LogP contribution in [0.3, 0.4) is 0 Å². The Morgan fingerprint density at radius 2 is 2.25 bits per heavy atom. The van der Waals surface area contributed by atoms with Gasteiger partial charge < -0.3 is 10.2 Å². The maximum Gasteiger partial charge on any atom is 0.244 e. The van der Waals surface area contributed by atoms with Gasteiger partial charge >= 0.3 is 0 Å². The summed E-state index contributed by atoms with van der Waals surface area (Å²) < 4.78 is 0. The maximum absolute atomic E-state index is 12.0. The lowest BCUT2D eigenvalue weighted by atomic mass is 10.2. The van der Waals surface area contributed by atoms with Crippen LogP contribution in [0.5, 0.6) is 0 Å². The maximum atomic E-state index is 12.0. The predicted molar refractivity (Wildman–Crippen MR) is 66.0 cm³/mol. The fourth-order valence-corrected chi connectivity index (χ4v) is 2.25. The molecule has 1 atom stereocenters. The molecule has 1 fully saturated rings. The Kier molecular flexibility index (Phi) is 3.17. The molecular weight excluding hydrogens is 224 g/mol. The van der Waals surface area contributed by atoms with E-state index in [0.717, 1.165) is 24.2 Å². The van der Waals surface area contributed by atoms with Gasteiger partial charge in [-0.05, 0) is 38.1 Å². The Morgan fingerprint density at radius 3 is 2.88 bits per heavy atom. The minimum Gasteiger partial charge on any atom is -0.311 e. The van der Waals surface area contributed by atoms with Gasteiger partial charge in [0, 0.05) is 17.3 Å². The lowest BCUT2D eigenvalue weighted by molar-refractivity contribution is -0.118. The molecule has 0 bridgehead atoms. The Morgan fingerprint density at radius 1 is 1.50 bits per heavy atom. The molecule has 0 aliphatic carbocycles. The van der Waals surface area contributed by atoms with Crippen molar-refractivity contribution < 1.29 is 4.79 Å². The Labute approximate surface area is 100 Å². The summed E-state index contributed by atoms with van der Waals surface area (Å²) in [6.07, 6.45) is 0.848. The molecule has 1 saturated heterocycles. The fourth-order valence-electron chi connectivity index (χ4n) is 2.08. The number of nitrogens with zero attached hydrogens (tertiary/aromatic N) is 1. The van der Waals surface area contributed by atoms with Gasteiger partial charge in [0.15, 0.2) is 0 Å². The Bertz CT molecular complexity index is 419. The average Bonchev–Trinajstić information content (AvgIpc) is 2.64. The molecule has 3 nitrogen and oxygen atoms in total. The van der Waals surface area contributed by atoms with Crippen molar-refractivity contribution in [3.63, 3.8) is 0 Å². The number of benzene rings is 1. The van der Waals surface area contributed by atoms with Crippen molar-refractivity contribution in [2.24, 2.45) is 0 Å². The molecule has 1 amide bonds. The second-order valence-corrected chi connectivity index (χ2v) is 4.41. The highest BCUT2D eigenvalue weighted by atomic mass is 35.5. The van der Waals surface area contributed by atoms with Gasteiger partial charge in [0.1, 0.15) is 0 Å². The minimum absolute atomic E-state index is 0.0571. The number of rotatable bonds is 2. The zero-order chi connectivity index (χ0) is 11.7. The van der Waals surface area contributed by atoms with E-state index in [4.69, 9.17) is 11.6 Å². The summed E-state index contributed by atoms with van der Waals surface area (Å²) in [7, 11) is 1.82. The van der Waals surface area contributed by atoms with Crippen molar-refractivity contribution in [1.29, 1.82) is 0 Å². The molecule has 1 N–H and O–H groups in total. The number of likely N-dealkylation sites (N-methyl/N-ethyl adjacent to an activating group) is 1. The van der Waals surface area contributed by atoms with E-state index >= 15 is 0 Å². The summed E-state index contributed by atoms with van der Waals surface area (Å²) in [5.41, 5.74) is 1.89. The van der Waals surface area contributed by atoms with Crippen LogP contribution < -0.4 is 10.2 Å². The first-order valence-electron chi connectivity index (χ1n) is 5.39. The monoisotopic (exact) mass is 238 g/mol. The number of anilines is 1. The van der Waals surface area contributed by atoms with E-state index in [0.29, 0.717) is 5.02 Å². The van der Waals surface area contributed by atoms with E-state index < -0.39 is 0 Å². The van der Waals surface area contributed by atoms with Crippen molar-refractivity contribution in [2.45, 2.75) is 19.4 Å². The van der Waals surface area contributed by atoms with Gasteiger partial charge in [-0.2, -0.15) is 0 Å². The van der Waals surface area contributed by atoms with Crippen LogP contribution in [0.1, 0.15) is 12.0 Å². The van der Waals surface area contributed by atoms with Gasteiger partial charge in [-0.3, -0.25) is 4.79 Å². The largest absolute Gasteiger partial charge is 0.311 e. The van der Waals surface area contributed by atoms with E-state index in [2.05, 4.69) is 5.32 Å². The number of hydrogen-bond acceptors (Lipinski definition) is 2. The molecule has 1 unspecified atom stereocenters. The van der Waals surface area contributed by atoms with Crippen molar-refractivity contribution in [2.75, 3.05) is 18.5 Å². The summed E-state index contributed by atoms with van der Waals surface area (Å²) in [5.74, 6) is 0.132. The summed E-state index contributed by atoms with van der Waals surface area (Å²) in [6.45, 7) is 2.70. The molecule has 86 valence electrons. The van der Waals surface area contributed by atoms with Crippen molar-refractivity contribution in [1.82, 2.24) is 5.32 Å². The van der Waals surface area contributed by atoms with Crippen molar-refractivity contribution >= 4 is 23.2 Å². The molecule has 0 saturated carbocycles. The Balaban J connectivity index is 2.32. The van der Waals surface area contributed by atoms with Gasteiger partial charge in [0.25, 0.3) is 0 Å². The smallest absolute Gasteiger partial charge is 0.244 e. The lowest BCUT2D eigenvalue weighted by Crippen LogP contribution is -2.36. The minimum atomic E-state index is -0.0571. The fraction of sp³-hybridized carbons (Fsp3) is 0.417. The van der Waals surface area contributed by atoms with E-state index in [1.165, 1.54) is 0 Å². The summed E-state index contributed by atoms with van der Waals surface area (Å²) >= 11 is 6.06. The van der Waals surface area contributed by atoms with E-state index in [-0.39, 0.29) is 11.9 Å². The van der Waals surface area contributed by atoms with Crippen LogP contribution in [-0.2, 0) is 4.79 Å². The van der Waals surface area contributed by atoms with Gasteiger partial charge in [-0.25, -0.2) is 0 Å². The standard InChI is InChI=1S/C12H15ClN2O/c1-8-9(13)4-3-5-11(8)15-7-6-10(14-2)12(15)16/h3-5,10,14H,6-7H2,1-2H3. The van der Waals surface area contributed by atoms with Crippen molar-refractivity contribution in [3.05, 3.63) is 28.8 Å². The summed E-state index contributed by atoms with van der Waals surface area (Å²) in [5, 5.41) is 3.73. The molecule has 1 heterocycles. The lowest BCUT2D eigenvalue weighted by Gasteiger charge is -2.19. The summed E-state index contributed by atoms with van der Waals surface area (Å²) in [4.78, 5) is 13.8. The highest BCUT2D eigenvalue weighted by molar-refractivity contribution is 6.31. The first-order chi connectivity index (χ1) is 7.65. The molecule has 0 spiro atoms. The number of nitrogens with one attached hydrogen (secondary N) is 1. The molecule has 0 radical (unpaired) electrons. The third kappa shape index (κ3) is 1.81. The summed E-state index contributed by atoms with van der Waals surface area (Å²) in [6, 6.07) is 5.61. The molecule has 0 aromatic heterocycles.